The first-order valence-electron chi connectivity index (χ1n) is 6.84. The second-order valence-corrected chi connectivity index (χ2v) is 10.5. The molecule has 21 heavy (non-hydrogen) atoms. The SMILES string of the molecule is C[Si](C)(C)C#CC(=O)c1cccc(Oc2ccccc2)c1. The van der Waals surface area contributed by atoms with Crippen molar-refractivity contribution in [2.75, 3.05) is 0 Å². The minimum atomic E-state index is -1.54. The van der Waals surface area contributed by atoms with E-state index < -0.39 is 8.07 Å². The van der Waals surface area contributed by atoms with Crippen LogP contribution in [-0.4, -0.2) is 13.9 Å². The normalized spacial score (nSPS) is 10.4. The predicted octanol–water partition coefficient (Wildman–Crippen LogP) is 4.54. The smallest absolute Gasteiger partial charge is 0.235 e. The molecule has 0 spiro atoms. The van der Waals surface area contributed by atoms with Gasteiger partial charge in [0.1, 0.15) is 19.6 Å². The average molecular weight is 294 g/mol. The van der Waals surface area contributed by atoms with Crippen molar-refractivity contribution >= 4 is 13.9 Å². The summed E-state index contributed by atoms with van der Waals surface area (Å²) in [5.41, 5.74) is 3.65. The summed E-state index contributed by atoms with van der Waals surface area (Å²) in [4.78, 5) is 12.1. The molecule has 3 heteroatoms. The standard InChI is InChI=1S/C18H18O2Si/c1-21(2,3)13-12-18(19)15-8-7-11-17(14-15)20-16-9-5-4-6-10-16/h4-11,14H,1-3H3. The molecule has 0 saturated heterocycles. The molecule has 2 aromatic rings. The monoisotopic (exact) mass is 294 g/mol. The molecule has 0 radical (unpaired) electrons. The molecule has 0 aliphatic heterocycles. The van der Waals surface area contributed by atoms with Gasteiger partial charge in [-0.1, -0.05) is 50.0 Å². The highest BCUT2D eigenvalue weighted by Crippen LogP contribution is 2.21. The maximum atomic E-state index is 12.1. The predicted molar refractivity (Wildman–Crippen MR) is 88.4 cm³/mol. The van der Waals surface area contributed by atoms with Gasteiger partial charge in [-0.05, 0) is 30.2 Å². The third kappa shape index (κ3) is 4.94. The highest BCUT2D eigenvalue weighted by atomic mass is 28.3. The first kappa shape index (κ1) is 15.1. The topological polar surface area (TPSA) is 26.3 Å². The van der Waals surface area contributed by atoms with Crippen molar-refractivity contribution < 1.29 is 9.53 Å². The lowest BCUT2D eigenvalue weighted by atomic mass is 10.1. The lowest BCUT2D eigenvalue weighted by Gasteiger charge is -2.06. The van der Waals surface area contributed by atoms with Crippen LogP contribution in [0, 0.1) is 11.5 Å². The van der Waals surface area contributed by atoms with Crippen LogP contribution in [0.4, 0.5) is 0 Å². The van der Waals surface area contributed by atoms with E-state index in [1.165, 1.54) is 0 Å². The largest absolute Gasteiger partial charge is 0.457 e. The van der Waals surface area contributed by atoms with Crippen LogP contribution in [0.25, 0.3) is 0 Å². The maximum Gasteiger partial charge on any atom is 0.235 e. The molecule has 0 bridgehead atoms. The number of Topliss-reactive ketones (excluding diaryl/α,β-unsaturated/α-hetero) is 1. The van der Waals surface area contributed by atoms with Gasteiger partial charge in [-0.25, -0.2) is 0 Å². The molecule has 0 heterocycles. The van der Waals surface area contributed by atoms with E-state index in [1.807, 2.05) is 42.5 Å². The zero-order valence-corrected chi connectivity index (χ0v) is 13.5. The van der Waals surface area contributed by atoms with Gasteiger partial charge in [0.15, 0.2) is 0 Å². The number of ketones is 1. The van der Waals surface area contributed by atoms with E-state index in [0.29, 0.717) is 11.3 Å². The summed E-state index contributed by atoms with van der Waals surface area (Å²) in [5.74, 6) is 3.98. The van der Waals surface area contributed by atoms with Gasteiger partial charge in [-0.2, -0.15) is 0 Å². The van der Waals surface area contributed by atoms with E-state index in [1.54, 1.807) is 12.1 Å². The minimum absolute atomic E-state index is 0.157. The Kier molecular flexibility index (Phi) is 4.61. The minimum Gasteiger partial charge on any atom is -0.457 e. The second kappa shape index (κ2) is 6.42. The lowest BCUT2D eigenvalue weighted by molar-refractivity contribution is 0.105. The maximum absolute atomic E-state index is 12.1. The van der Waals surface area contributed by atoms with Crippen LogP contribution < -0.4 is 4.74 Å². The molecule has 0 amide bonds. The van der Waals surface area contributed by atoms with Gasteiger partial charge in [-0.15, -0.1) is 5.54 Å². The van der Waals surface area contributed by atoms with Crippen LogP contribution in [0.15, 0.2) is 54.6 Å². The van der Waals surface area contributed by atoms with Gasteiger partial charge in [0.05, 0.1) is 0 Å². The van der Waals surface area contributed by atoms with Crippen molar-refractivity contribution in [1.29, 1.82) is 0 Å². The molecule has 0 aromatic heterocycles. The van der Waals surface area contributed by atoms with E-state index in [-0.39, 0.29) is 5.78 Å². The summed E-state index contributed by atoms with van der Waals surface area (Å²) in [6.45, 7) is 6.34. The fraction of sp³-hybridized carbons (Fsp3) is 0.167. The third-order valence-electron chi connectivity index (χ3n) is 2.63. The number of para-hydroxylation sites is 1. The highest BCUT2D eigenvalue weighted by molar-refractivity contribution is 6.84. The number of carbonyl (C=O) groups excluding carboxylic acids is 1. The molecule has 2 rings (SSSR count). The number of hydrogen-bond acceptors (Lipinski definition) is 2. The van der Waals surface area contributed by atoms with Gasteiger partial charge >= 0.3 is 0 Å². The van der Waals surface area contributed by atoms with Crippen molar-refractivity contribution in [2.24, 2.45) is 0 Å². The number of carbonyl (C=O) groups is 1. The summed E-state index contributed by atoms with van der Waals surface area (Å²) in [5, 5.41) is 0. The number of benzene rings is 2. The van der Waals surface area contributed by atoms with Gasteiger partial charge in [0.2, 0.25) is 5.78 Å². The Hall–Kier alpha value is -2.31. The Morgan fingerprint density at radius 1 is 0.952 bits per heavy atom. The average Bonchev–Trinajstić information content (AvgIpc) is 2.45. The summed E-state index contributed by atoms with van der Waals surface area (Å²) in [6, 6.07) is 16.6. The summed E-state index contributed by atoms with van der Waals surface area (Å²) < 4.78 is 5.72. The summed E-state index contributed by atoms with van der Waals surface area (Å²) in [7, 11) is -1.54. The molecule has 0 fully saturated rings. The fourth-order valence-electron chi connectivity index (χ4n) is 1.64. The Bertz CT molecular complexity index is 688. The Morgan fingerprint density at radius 2 is 1.62 bits per heavy atom. The van der Waals surface area contributed by atoms with Gasteiger partial charge in [0.25, 0.3) is 0 Å². The molecule has 2 nitrogen and oxygen atoms in total. The Morgan fingerprint density at radius 3 is 2.29 bits per heavy atom. The molecule has 106 valence electrons. The first-order chi connectivity index (χ1) is 9.94. The zero-order valence-electron chi connectivity index (χ0n) is 12.5. The molecule has 0 saturated carbocycles. The first-order valence-corrected chi connectivity index (χ1v) is 10.3. The van der Waals surface area contributed by atoms with Crippen LogP contribution in [0.1, 0.15) is 10.4 Å². The van der Waals surface area contributed by atoms with E-state index in [9.17, 15) is 4.79 Å². The number of rotatable bonds is 3. The fourth-order valence-corrected chi connectivity index (χ4v) is 2.13. The molecule has 2 aromatic carbocycles. The van der Waals surface area contributed by atoms with Gasteiger partial charge < -0.3 is 4.74 Å². The Balaban J connectivity index is 2.18. The van der Waals surface area contributed by atoms with Crippen molar-refractivity contribution in [1.82, 2.24) is 0 Å². The highest BCUT2D eigenvalue weighted by Gasteiger charge is 2.10. The van der Waals surface area contributed by atoms with Crippen LogP contribution in [0.2, 0.25) is 19.6 Å². The van der Waals surface area contributed by atoms with Crippen LogP contribution in [-0.2, 0) is 0 Å². The van der Waals surface area contributed by atoms with E-state index in [4.69, 9.17) is 4.74 Å². The van der Waals surface area contributed by atoms with Crippen molar-refractivity contribution in [3.63, 3.8) is 0 Å². The van der Waals surface area contributed by atoms with Crippen LogP contribution >= 0.6 is 0 Å². The molecule has 0 aliphatic carbocycles. The van der Waals surface area contributed by atoms with Crippen molar-refractivity contribution in [3.8, 4) is 23.0 Å². The van der Waals surface area contributed by atoms with E-state index in [2.05, 4.69) is 31.1 Å². The Labute approximate surface area is 126 Å². The number of ether oxygens (including phenoxy) is 1. The summed E-state index contributed by atoms with van der Waals surface area (Å²) in [6.07, 6.45) is 0. The quantitative estimate of drug-likeness (QED) is 0.472. The molecule has 0 atom stereocenters. The molecule has 0 N–H and O–H groups in total. The third-order valence-corrected chi connectivity index (χ3v) is 3.50. The van der Waals surface area contributed by atoms with Gasteiger partial charge in [-0.3, -0.25) is 4.79 Å². The van der Waals surface area contributed by atoms with Crippen molar-refractivity contribution in [3.05, 3.63) is 60.2 Å². The summed E-state index contributed by atoms with van der Waals surface area (Å²) >= 11 is 0. The molecule has 0 unspecified atom stereocenters. The number of hydrogen-bond donors (Lipinski definition) is 0. The van der Waals surface area contributed by atoms with E-state index >= 15 is 0 Å². The van der Waals surface area contributed by atoms with Crippen LogP contribution in [0.5, 0.6) is 11.5 Å². The van der Waals surface area contributed by atoms with Gasteiger partial charge in [0, 0.05) is 5.56 Å². The van der Waals surface area contributed by atoms with E-state index in [0.717, 1.165) is 5.75 Å². The lowest BCUT2D eigenvalue weighted by Crippen LogP contribution is -2.17. The second-order valence-electron chi connectivity index (χ2n) is 5.77. The molecular weight excluding hydrogens is 276 g/mol. The van der Waals surface area contributed by atoms with Crippen LogP contribution in [0.3, 0.4) is 0 Å². The molecular formula is C18H18O2Si. The van der Waals surface area contributed by atoms with Crippen molar-refractivity contribution in [2.45, 2.75) is 19.6 Å². The zero-order chi connectivity index (χ0) is 15.3. The molecule has 0 aliphatic rings.